The van der Waals surface area contributed by atoms with Gasteiger partial charge in [0.2, 0.25) is 0 Å². The summed E-state index contributed by atoms with van der Waals surface area (Å²) >= 11 is 0. The van der Waals surface area contributed by atoms with E-state index in [-0.39, 0.29) is 0 Å². The number of aryl methyl sites for hydroxylation is 1. The second kappa shape index (κ2) is 4.88. The van der Waals surface area contributed by atoms with Crippen LogP contribution in [0.3, 0.4) is 0 Å². The van der Waals surface area contributed by atoms with E-state index in [0.717, 1.165) is 25.1 Å². The van der Waals surface area contributed by atoms with Crippen molar-refractivity contribution in [2.75, 3.05) is 13.7 Å². The Labute approximate surface area is 98.0 Å². The third kappa shape index (κ3) is 2.07. The molecule has 2 nitrogen and oxygen atoms in total. The Morgan fingerprint density at radius 2 is 2.25 bits per heavy atom. The van der Waals surface area contributed by atoms with Crippen molar-refractivity contribution in [1.29, 1.82) is 0 Å². The van der Waals surface area contributed by atoms with E-state index in [1.165, 1.54) is 23.1 Å². The maximum atomic E-state index is 5.52. The lowest BCUT2D eigenvalue weighted by atomic mass is 9.86. The minimum Gasteiger partial charge on any atom is -0.496 e. The molecule has 0 fully saturated rings. The molecular weight excluding hydrogens is 198 g/mol. The van der Waals surface area contributed by atoms with Gasteiger partial charge in [-0.3, -0.25) is 0 Å². The second-order valence-corrected chi connectivity index (χ2v) is 4.55. The van der Waals surface area contributed by atoms with Crippen LogP contribution in [0.2, 0.25) is 0 Å². The fourth-order valence-corrected chi connectivity index (χ4v) is 2.68. The molecule has 0 radical (unpaired) electrons. The van der Waals surface area contributed by atoms with Gasteiger partial charge in [0.15, 0.2) is 0 Å². The molecule has 1 aromatic rings. The van der Waals surface area contributed by atoms with Crippen molar-refractivity contribution in [2.45, 2.75) is 39.2 Å². The van der Waals surface area contributed by atoms with Gasteiger partial charge in [0, 0.05) is 6.04 Å². The highest BCUT2D eigenvalue weighted by atomic mass is 16.5. The highest BCUT2D eigenvalue weighted by Gasteiger charge is 2.21. The van der Waals surface area contributed by atoms with Gasteiger partial charge in [-0.1, -0.05) is 19.1 Å². The quantitative estimate of drug-likeness (QED) is 0.843. The van der Waals surface area contributed by atoms with E-state index in [2.05, 4.69) is 31.3 Å². The molecule has 0 unspecified atom stereocenters. The molecule has 88 valence electrons. The van der Waals surface area contributed by atoms with Gasteiger partial charge in [-0.25, -0.2) is 0 Å². The van der Waals surface area contributed by atoms with Crippen molar-refractivity contribution in [1.82, 2.24) is 5.32 Å². The van der Waals surface area contributed by atoms with E-state index in [4.69, 9.17) is 4.74 Å². The van der Waals surface area contributed by atoms with Crippen LogP contribution in [0.15, 0.2) is 12.1 Å². The number of fused-ring (bicyclic) bond motifs is 1. The molecule has 0 saturated heterocycles. The van der Waals surface area contributed by atoms with E-state index in [1.807, 2.05) is 0 Å². The zero-order chi connectivity index (χ0) is 11.5. The van der Waals surface area contributed by atoms with Crippen molar-refractivity contribution >= 4 is 0 Å². The first kappa shape index (κ1) is 11.5. The number of nitrogens with one attached hydrogen (secondary N) is 1. The molecule has 1 aliphatic carbocycles. The maximum absolute atomic E-state index is 5.52. The first-order valence-electron chi connectivity index (χ1n) is 6.15. The lowest BCUT2D eigenvalue weighted by Crippen LogP contribution is -2.34. The minimum atomic E-state index is 0.643. The summed E-state index contributed by atoms with van der Waals surface area (Å²) in [6.07, 6.45) is 3.50. The fourth-order valence-electron chi connectivity index (χ4n) is 2.68. The first-order valence-corrected chi connectivity index (χ1v) is 6.15. The van der Waals surface area contributed by atoms with Crippen LogP contribution >= 0.6 is 0 Å². The third-order valence-corrected chi connectivity index (χ3v) is 3.46. The molecule has 0 spiro atoms. The average Bonchev–Trinajstić information content (AvgIpc) is 2.30. The average molecular weight is 219 g/mol. The van der Waals surface area contributed by atoms with Gasteiger partial charge in [0.25, 0.3) is 0 Å². The summed E-state index contributed by atoms with van der Waals surface area (Å²) in [6.45, 7) is 5.35. The topological polar surface area (TPSA) is 21.3 Å². The van der Waals surface area contributed by atoms with Crippen LogP contribution in [-0.4, -0.2) is 19.7 Å². The molecule has 0 aromatic heterocycles. The number of ether oxygens (including phenoxy) is 1. The summed E-state index contributed by atoms with van der Waals surface area (Å²) in [5, 5.41) is 3.54. The Morgan fingerprint density at radius 3 is 2.94 bits per heavy atom. The van der Waals surface area contributed by atoms with E-state index in [9.17, 15) is 0 Å². The predicted octanol–water partition coefficient (Wildman–Crippen LogP) is 2.47. The molecule has 1 N–H and O–H groups in total. The molecular formula is C14H21NO. The minimum absolute atomic E-state index is 0.643. The second-order valence-electron chi connectivity index (χ2n) is 4.55. The van der Waals surface area contributed by atoms with Crippen LogP contribution in [0.5, 0.6) is 5.75 Å². The fraction of sp³-hybridized carbons (Fsp3) is 0.571. The smallest absolute Gasteiger partial charge is 0.125 e. The Bertz CT molecular complexity index is 373. The van der Waals surface area contributed by atoms with Gasteiger partial charge in [0.05, 0.1) is 7.11 Å². The summed E-state index contributed by atoms with van der Waals surface area (Å²) in [5.74, 6) is 1.10. The highest BCUT2D eigenvalue weighted by Crippen LogP contribution is 2.32. The number of likely N-dealkylation sites (N-methyl/N-ethyl adjacent to an activating group) is 1. The molecule has 0 aliphatic heterocycles. The van der Waals surface area contributed by atoms with Crippen molar-refractivity contribution in [3.8, 4) is 5.75 Å². The maximum Gasteiger partial charge on any atom is 0.125 e. The van der Waals surface area contributed by atoms with Crippen LogP contribution < -0.4 is 10.1 Å². The molecule has 0 amide bonds. The van der Waals surface area contributed by atoms with Crippen molar-refractivity contribution in [3.63, 3.8) is 0 Å². The van der Waals surface area contributed by atoms with Gasteiger partial charge in [-0.2, -0.15) is 0 Å². The summed E-state index contributed by atoms with van der Waals surface area (Å²) in [6, 6.07) is 5.08. The summed E-state index contributed by atoms with van der Waals surface area (Å²) in [5.41, 5.74) is 4.14. The van der Waals surface area contributed by atoms with Gasteiger partial charge in [-0.05, 0) is 49.4 Å². The lowest BCUT2D eigenvalue weighted by Gasteiger charge is -2.27. The zero-order valence-electron chi connectivity index (χ0n) is 10.5. The van der Waals surface area contributed by atoms with Gasteiger partial charge in [-0.15, -0.1) is 0 Å². The molecule has 0 saturated carbocycles. The third-order valence-electron chi connectivity index (χ3n) is 3.46. The SMILES string of the molecule is CCN[C@@H]1CCc2c(ccc(C)c2OC)C1. The summed E-state index contributed by atoms with van der Waals surface area (Å²) in [7, 11) is 1.78. The standard InChI is InChI=1S/C14H21NO/c1-4-15-12-7-8-13-11(9-12)6-5-10(2)14(13)16-3/h5-6,12,15H,4,7-9H2,1-3H3/t12-/m1/s1. The molecule has 1 aromatic carbocycles. The Hall–Kier alpha value is -1.02. The Morgan fingerprint density at radius 1 is 1.44 bits per heavy atom. The van der Waals surface area contributed by atoms with Crippen molar-refractivity contribution in [3.05, 3.63) is 28.8 Å². The molecule has 16 heavy (non-hydrogen) atoms. The number of benzene rings is 1. The number of rotatable bonds is 3. The van der Waals surface area contributed by atoms with Crippen LogP contribution in [0, 0.1) is 6.92 Å². The van der Waals surface area contributed by atoms with Crippen LogP contribution in [-0.2, 0) is 12.8 Å². The van der Waals surface area contributed by atoms with Gasteiger partial charge < -0.3 is 10.1 Å². The van der Waals surface area contributed by atoms with Crippen LogP contribution in [0.4, 0.5) is 0 Å². The monoisotopic (exact) mass is 219 g/mol. The van der Waals surface area contributed by atoms with Gasteiger partial charge >= 0.3 is 0 Å². The molecule has 0 bridgehead atoms. The van der Waals surface area contributed by atoms with E-state index >= 15 is 0 Å². The number of methoxy groups -OCH3 is 1. The molecule has 0 heterocycles. The Balaban J connectivity index is 2.27. The van der Waals surface area contributed by atoms with Crippen LogP contribution in [0.1, 0.15) is 30.0 Å². The van der Waals surface area contributed by atoms with Gasteiger partial charge in [0.1, 0.15) is 5.75 Å². The molecule has 1 aliphatic rings. The molecule has 2 rings (SSSR count). The van der Waals surface area contributed by atoms with E-state index in [0.29, 0.717) is 6.04 Å². The predicted molar refractivity (Wildman–Crippen MR) is 67.2 cm³/mol. The van der Waals surface area contributed by atoms with Crippen LogP contribution in [0.25, 0.3) is 0 Å². The normalized spacial score (nSPS) is 19.3. The first-order chi connectivity index (χ1) is 7.76. The number of hydrogen-bond acceptors (Lipinski definition) is 2. The summed E-state index contributed by atoms with van der Waals surface area (Å²) in [4.78, 5) is 0. The van der Waals surface area contributed by atoms with Crippen molar-refractivity contribution in [2.24, 2.45) is 0 Å². The van der Waals surface area contributed by atoms with E-state index in [1.54, 1.807) is 7.11 Å². The largest absolute Gasteiger partial charge is 0.496 e. The summed E-state index contributed by atoms with van der Waals surface area (Å²) < 4.78 is 5.52. The lowest BCUT2D eigenvalue weighted by molar-refractivity contribution is 0.395. The number of hydrogen-bond donors (Lipinski definition) is 1. The van der Waals surface area contributed by atoms with Crippen molar-refractivity contribution < 1.29 is 4.74 Å². The highest BCUT2D eigenvalue weighted by molar-refractivity contribution is 5.47. The zero-order valence-corrected chi connectivity index (χ0v) is 10.5. The molecule has 1 atom stereocenters. The molecule has 2 heteroatoms. The van der Waals surface area contributed by atoms with E-state index < -0.39 is 0 Å². The Kier molecular flexibility index (Phi) is 3.49.